The standard InChI is InChI=1S/C30H41FN4O3/c1-3-4-9-22(2)25(34-29(37)30(17-18-30)35-26(31)12-7-13-27(35)36)16-21-38-20-6-5-11-24-15-14-23-10-8-19-32-28(23)33-24/h7,12-15,25H,2-6,8-11,16-21H2,1H3,(H,32,33)(H,34,37). The highest BCUT2D eigenvalue weighted by Crippen LogP contribution is 2.43. The molecule has 1 amide bonds. The van der Waals surface area contributed by atoms with Crippen LogP contribution in [0.2, 0.25) is 0 Å². The van der Waals surface area contributed by atoms with Crippen molar-refractivity contribution < 1.29 is 13.9 Å². The summed E-state index contributed by atoms with van der Waals surface area (Å²) >= 11 is 0. The number of ether oxygens (including phenoxy) is 1. The molecule has 8 heteroatoms. The summed E-state index contributed by atoms with van der Waals surface area (Å²) in [4.78, 5) is 30.4. The number of amides is 1. The van der Waals surface area contributed by atoms with Crippen LogP contribution < -0.4 is 16.2 Å². The summed E-state index contributed by atoms with van der Waals surface area (Å²) in [6.45, 7) is 8.46. The first-order valence-corrected chi connectivity index (χ1v) is 14.1. The van der Waals surface area contributed by atoms with Gasteiger partial charge in [-0.15, -0.1) is 0 Å². The highest BCUT2D eigenvalue weighted by Gasteiger charge is 2.53. The van der Waals surface area contributed by atoms with Crippen LogP contribution in [0.5, 0.6) is 0 Å². The number of anilines is 1. The van der Waals surface area contributed by atoms with Gasteiger partial charge in [0, 0.05) is 31.5 Å². The molecule has 1 fully saturated rings. The van der Waals surface area contributed by atoms with Crippen molar-refractivity contribution in [3.8, 4) is 0 Å². The van der Waals surface area contributed by atoms with Crippen LogP contribution >= 0.6 is 0 Å². The Hall–Kier alpha value is -3.00. The van der Waals surface area contributed by atoms with Gasteiger partial charge in [0.1, 0.15) is 11.4 Å². The number of hydrogen-bond acceptors (Lipinski definition) is 5. The quantitative estimate of drug-likeness (QED) is 0.197. The van der Waals surface area contributed by atoms with E-state index in [1.165, 1.54) is 23.8 Å². The van der Waals surface area contributed by atoms with Crippen LogP contribution in [0.3, 0.4) is 0 Å². The first-order chi connectivity index (χ1) is 18.4. The first-order valence-electron chi connectivity index (χ1n) is 14.1. The normalized spacial score (nSPS) is 16.3. The molecule has 2 aliphatic rings. The molecule has 1 aliphatic heterocycles. The summed E-state index contributed by atoms with van der Waals surface area (Å²) in [6.07, 6.45) is 9.39. The van der Waals surface area contributed by atoms with E-state index < -0.39 is 17.0 Å². The Balaban J connectivity index is 1.24. The molecule has 0 radical (unpaired) electrons. The smallest absolute Gasteiger partial charge is 0.253 e. The topological polar surface area (TPSA) is 85.2 Å². The average Bonchev–Trinajstić information content (AvgIpc) is 3.72. The van der Waals surface area contributed by atoms with Crippen molar-refractivity contribution in [3.63, 3.8) is 0 Å². The molecule has 3 heterocycles. The molecular weight excluding hydrogens is 483 g/mol. The fourth-order valence-electron chi connectivity index (χ4n) is 5.12. The summed E-state index contributed by atoms with van der Waals surface area (Å²) in [7, 11) is 0. The van der Waals surface area contributed by atoms with Crippen molar-refractivity contribution in [2.75, 3.05) is 25.1 Å². The molecule has 0 bridgehead atoms. The van der Waals surface area contributed by atoms with E-state index in [0.717, 1.165) is 79.6 Å². The Labute approximate surface area is 224 Å². The molecule has 2 N–H and O–H groups in total. The van der Waals surface area contributed by atoms with E-state index >= 15 is 0 Å². The van der Waals surface area contributed by atoms with Crippen molar-refractivity contribution in [2.45, 2.75) is 89.1 Å². The predicted octanol–water partition coefficient (Wildman–Crippen LogP) is 4.89. The Morgan fingerprint density at radius 3 is 2.84 bits per heavy atom. The molecule has 206 valence electrons. The molecule has 4 rings (SSSR count). The number of aryl methyl sites for hydroxylation is 2. The summed E-state index contributed by atoms with van der Waals surface area (Å²) in [5, 5.41) is 6.46. The van der Waals surface area contributed by atoms with Gasteiger partial charge in [0.15, 0.2) is 5.95 Å². The van der Waals surface area contributed by atoms with Crippen LogP contribution in [0, 0.1) is 5.95 Å². The van der Waals surface area contributed by atoms with E-state index in [9.17, 15) is 14.0 Å². The summed E-state index contributed by atoms with van der Waals surface area (Å²) < 4.78 is 21.4. The van der Waals surface area contributed by atoms with Gasteiger partial charge in [0.2, 0.25) is 5.91 Å². The zero-order valence-electron chi connectivity index (χ0n) is 22.6. The molecule has 1 aliphatic carbocycles. The number of aromatic nitrogens is 2. The largest absolute Gasteiger partial charge is 0.381 e. The highest BCUT2D eigenvalue weighted by molar-refractivity contribution is 5.87. The molecule has 1 atom stereocenters. The fraction of sp³-hybridized carbons (Fsp3) is 0.567. The van der Waals surface area contributed by atoms with Gasteiger partial charge in [-0.1, -0.05) is 37.6 Å². The Bertz CT molecular complexity index is 1170. The van der Waals surface area contributed by atoms with Crippen molar-refractivity contribution in [2.24, 2.45) is 0 Å². The molecule has 7 nitrogen and oxygen atoms in total. The monoisotopic (exact) mass is 524 g/mol. The highest BCUT2D eigenvalue weighted by atomic mass is 19.1. The molecule has 2 aromatic heterocycles. The van der Waals surface area contributed by atoms with Crippen LogP contribution in [-0.4, -0.2) is 41.3 Å². The van der Waals surface area contributed by atoms with Crippen LogP contribution in [0.4, 0.5) is 10.2 Å². The van der Waals surface area contributed by atoms with Crippen molar-refractivity contribution in [1.29, 1.82) is 0 Å². The van der Waals surface area contributed by atoms with Crippen molar-refractivity contribution in [1.82, 2.24) is 14.9 Å². The zero-order chi connectivity index (χ0) is 27.0. The number of carbonyl (C=O) groups is 1. The number of hydrogen-bond donors (Lipinski definition) is 2. The number of halogens is 1. The van der Waals surface area contributed by atoms with Gasteiger partial charge in [-0.2, -0.15) is 4.39 Å². The van der Waals surface area contributed by atoms with Gasteiger partial charge in [-0.25, -0.2) is 4.98 Å². The maximum Gasteiger partial charge on any atom is 0.253 e. The van der Waals surface area contributed by atoms with Crippen LogP contribution in [-0.2, 0) is 27.9 Å². The number of pyridine rings is 2. The number of carbonyl (C=O) groups excluding carboxylic acids is 1. The summed E-state index contributed by atoms with van der Waals surface area (Å²) in [5.41, 5.74) is 1.71. The molecule has 2 aromatic rings. The number of nitrogens with one attached hydrogen (secondary N) is 2. The van der Waals surface area contributed by atoms with Gasteiger partial charge in [-0.3, -0.25) is 14.2 Å². The molecule has 0 saturated heterocycles. The SMILES string of the molecule is C=C(CCCC)C(CCOCCCCc1ccc2c(n1)NCCC2)NC(=O)C1(n2c(F)cccc2=O)CC1. The van der Waals surface area contributed by atoms with Crippen molar-refractivity contribution >= 4 is 11.7 Å². The van der Waals surface area contributed by atoms with Crippen LogP contribution in [0.25, 0.3) is 0 Å². The maximum absolute atomic E-state index is 14.5. The van der Waals surface area contributed by atoms with E-state index in [-0.39, 0.29) is 11.9 Å². The second-order valence-electron chi connectivity index (χ2n) is 10.5. The minimum atomic E-state index is -1.15. The molecule has 1 saturated carbocycles. The van der Waals surface area contributed by atoms with E-state index in [4.69, 9.17) is 9.72 Å². The maximum atomic E-state index is 14.5. The van der Waals surface area contributed by atoms with Gasteiger partial charge in [-0.05, 0) is 81.9 Å². The van der Waals surface area contributed by atoms with E-state index in [0.29, 0.717) is 32.5 Å². The van der Waals surface area contributed by atoms with Crippen LogP contribution in [0.1, 0.15) is 76.0 Å². The lowest BCUT2D eigenvalue weighted by atomic mass is 9.99. The third kappa shape index (κ3) is 6.90. The third-order valence-corrected chi connectivity index (χ3v) is 7.60. The Kier molecular flexibility index (Phi) is 9.72. The van der Waals surface area contributed by atoms with Crippen LogP contribution in [0.15, 0.2) is 47.3 Å². The summed E-state index contributed by atoms with van der Waals surface area (Å²) in [5.74, 6) is 0.0327. The number of unbranched alkanes of at least 4 members (excludes halogenated alkanes) is 2. The lowest BCUT2D eigenvalue weighted by molar-refractivity contribution is -0.126. The Morgan fingerprint density at radius 2 is 2.08 bits per heavy atom. The predicted molar refractivity (Wildman–Crippen MR) is 148 cm³/mol. The lowest BCUT2D eigenvalue weighted by Gasteiger charge is -2.26. The number of fused-ring (bicyclic) bond motifs is 1. The Morgan fingerprint density at radius 1 is 1.24 bits per heavy atom. The summed E-state index contributed by atoms with van der Waals surface area (Å²) in [6, 6.07) is 7.92. The minimum absolute atomic E-state index is 0.277. The van der Waals surface area contributed by atoms with Gasteiger partial charge in [0.05, 0.1) is 6.04 Å². The first kappa shape index (κ1) is 28.0. The lowest BCUT2D eigenvalue weighted by Crippen LogP contribution is -2.48. The van der Waals surface area contributed by atoms with Gasteiger partial charge >= 0.3 is 0 Å². The molecule has 0 spiro atoms. The van der Waals surface area contributed by atoms with Crippen molar-refractivity contribution in [3.05, 3.63) is 70.0 Å². The van der Waals surface area contributed by atoms with E-state index in [1.807, 2.05) is 0 Å². The molecular formula is C30H41FN4O3. The van der Waals surface area contributed by atoms with Gasteiger partial charge in [0.25, 0.3) is 5.56 Å². The van der Waals surface area contributed by atoms with E-state index in [2.05, 4.69) is 36.3 Å². The second kappa shape index (κ2) is 13.2. The minimum Gasteiger partial charge on any atom is -0.381 e. The average molecular weight is 525 g/mol. The second-order valence-corrected chi connectivity index (χ2v) is 10.5. The molecule has 0 aromatic carbocycles. The number of rotatable bonds is 15. The number of nitrogens with zero attached hydrogens (tertiary/aromatic N) is 2. The molecule has 1 unspecified atom stereocenters. The molecule has 38 heavy (non-hydrogen) atoms. The third-order valence-electron chi connectivity index (χ3n) is 7.60. The van der Waals surface area contributed by atoms with Gasteiger partial charge < -0.3 is 15.4 Å². The zero-order valence-corrected chi connectivity index (χ0v) is 22.6. The van der Waals surface area contributed by atoms with E-state index in [1.54, 1.807) is 0 Å². The fourth-order valence-corrected chi connectivity index (χ4v) is 5.12.